The summed E-state index contributed by atoms with van der Waals surface area (Å²) in [6.45, 7) is 3.38. The van der Waals surface area contributed by atoms with Crippen LogP contribution in [0.4, 0.5) is 0 Å². The molecule has 1 heterocycles. The van der Waals surface area contributed by atoms with E-state index in [1.165, 1.54) is 5.56 Å². The van der Waals surface area contributed by atoms with Crippen LogP contribution in [0.15, 0.2) is 66.7 Å². The summed E-state index contributed by atoms with van der Waals surface area (Å²) in [5.41, 5.74) is 8.54. The van der Waals surface area contributed by atoms with Crippen molar-refractivity contribution in [1.29, 1.82) is 0 Å². The minimum absolute atomic E-state index is 0.404. The van der Waals surface area contributed by atoms with Crippen molar-refractivity contribution < 1.29 is 14.7 Å². The molecule has 0 saturated heterocycles. The third kappa shape index (κ3) is 4.35. The van der Waals surface area contributed by atoms with Gasteiger partial charge in [0.2, 0.25) is 0 Å². The normalized spacial score (nSPS) is 11.1. The van der Waals surface area contributed by atoms with Gasteiger partial charge in [0.05, 0.1) is 17.6 Å². The summed E-state index contributed by atoms with van der Waals surface area (Å²) >= 11 is 0. The van der Waals surface area contributed by atoms with Crippen LogP contribution in [0.25, 0.3) is 22.2 Å². The summed E-state index contributed by atoms with van der Waals surface area (Å²) in [6, 6.07) is 21.8. The molecule has 4 aromatic rings. The van der Waals surface area contributed by atoms with Gasteiger partial charge in [-0.15, -0.1) is 0 Å². The van der Waals surface area contributed by atoms with E-state index < -0.39 is 5.91 Å². The highest BCUT2D eigenvalue weighted by Gasteiger charge is 2.15. The molecule has 4 rings (SSSR count). The maximum absolute atomic E-state index is 11.8. The van der Waals surface area contributed by atoms with Crippen LogP contribution in [0.3, 0.4) is 0 Å². The van der Waals surface area contributed by atoms with Gasteiger partial charge >= 0.3 is 0 Å². The molecule has 0 aliphatic rings. The van der Waals surface area contributed by atoms with Crippen molar-refractivity contribution in [3.05, 3.63) is 89.2 Å². The van der Waals surface area contributed by atoms with Gasteiger partial charge in [0, 0.05) is 25.6 Å². The lowest BCUT2D eigenvalue weighted by molar-refractivity contribution is 0.0706. The first-order chi connectivity index (χ1) is 15.1. The quantitative estimate of drug-likeness (QED) is 0.347. The number of fused-ring (bicyclic) bond motifs is 1. The predicted octanol–water partition coefficient (Wildman–Crippen LogP) is 4.37. The molecular weight excluding hydrogens is 390 g/mol. The molecule has 3 aromatic carbocycles. The van der Waals surface area contributed by atoms with Gasteiger partial charge < -0.3 is 9.30 Å². The summed E-state index contributed by atoms with van der Waals surface area (Å²) in [5.74, 6) is 0.371. The number of hydrogen-bond acceptors (Lipinski definition) is 4. The molecule has 1 aromatic heterocycles. The average Bonchev–Trinajstić information content (AvgIpc) is 3.12. The van der Waals surface area contributed by atoms with Crippen molar-refractivity contribution in [3.63, 3.8) is 0 Å². The van der Waals surface area contributed by atoms with E-state index in [1.807, 2.05) is 24.3 Å². The van der Waals surface area contributed by atoms with E-state index in [-0.39, 0.29) is 0 Å². The summed E-state index contributed by atoms with van der Waals surface area (Å²) in [7, 11) is 1.69. The average molecular weight is 415 g/mol. The van der Waals surface area contributed by atoms with Crippen LogP contribution in [-0.4, -0.2) is 34.4 Å². The SMILES string of the molecule is COCCn1c(Cc2cccc(C(=O)NO)c2)nc2cc(-c3ccccc3)c(C)cc21. The summed E-state index contributed by atoms with van der Waals surface area (Å²) < 4.78 is 7.51. The van der Waals surface area contributed by atoms with Gasteiger partial charge in [0.15, 0.2) is 0 Å². The third-order valence-electron chi connectivity index (χ3n) is 5.43. The minimum Gasteiger partial charge on any atom is -0.383 e. The van der Waals surface area contributed by atoms with E-state index in [0.29, 0.717) is 25.1 Å². The Hall–Kier alpha value is -3.48. The fourth-order valence-corrected chi connectivity index (χ4v) is 3.89. The van der Waals surface area contributed by atoms with Gasteiger partial charge in [-0.3, -0.25) is 10.0 Å². The van der Waals surface area contributed by atoms with Crippen molar-refractivity contribution in [2.75, 3.05) is 13.7 Å². The Bertz CT molecular complexity index is 1220. The van der Waals surface area contributed by atoms with Gasteiger partial charge in [-0.1, -0.05) is 42.5 Å². The number of hydrogen-bond donors (Lipinski definition) is 2. The number of carbonyl (C=O) groups excluding carboxylic acids is 1. The molecule has 0 spiro atoms. The number of ether oxygens (including phenoxy) is 1. The second-order valence-electron chi connectivity index (χ2n) is 7.51. The smallest absolute Gasteiger partial charge is 0.274 e. The number of aryl methyl sites for hydroxylation is 1. The van der Waals surface area contributed by atoms with Crippen molar-refractivity contribution in [3.8, 4) is 11.1 Å². The second kappa shape index (κ2) is 9.12. The molecule has 0 bridgehead atoms. The molecular formula is C25H25N3O3. The lowest BCUT2D eigenvalue weighted by Crippen LogP contribution is -2.18. The molecule has 0 aliphatic heterocycles. The van der Waals surface area contributed by atoms with Gasteiger partial charge in [0.25, 0.3) is 5.91 Å². The Morgan fingerprint density at radius 1 is 1.10 bits per heavy atom. The maximum Gasteiger partial charge on any atom is 0.274 e. The van der Waals surface area contributed by atoms with E-state index in [2.05, 4.69) is 35.8 Å². The van der Waals surface area contributed by atoms with Gasteiger partial charge in [-0.25, -0.2) is 10.5 Å². The van der Waals surface area contributed by atoms with E-state index in [0.717, 1.165) is 33.5 Å². The van der Waals surface area contributed by atoms with Crippen LogP contribution in [-0.2, 0) is 17.7 Å². The van der Waals surface area contributed by atoms with E-state index in [4.69, 9.17) is 14.9 Å². The van der Waals surface area contributed by atoms with Crippen molar-refractivity contribution in [2.24, 2.45) is 0 Å². The van der Waals surface area contributed by atoms with E-state index >= 15 is 0 Å². The van der Waals surface area contributed by atoms with Crippen LogP contribution >= 0.6 is 0 Å². The highest BCUT2D eigenvalue weighted by atomic mass is 16.5. The number of carbonyl (C=O) groups is 1. The molecule has 158 valence electrons. The van der Waals surface area contributed by atoms with E-state index in [9.17, 15) is 4.79 Å². The Labute approximate surface area is 181 Å². The first-order valence-corrected chi connectivity index (χ1v) is 10.2. The summed E-state index contributed by atoms with van der Waals surface area (Å²) in [5, 5.41) is 8.92. The minimum atomic E-state index is -0.530. The standard InChI is InChI=1S/C25H25N3O3/c1-17-13-23-22(16-21(17)19-8-4-3-5-9-19)26-24(28(23)11-12-31-2)15-18-7-6-10-20(14-18)25(29)27-30/h3-10,13-14,16,30H,11-12,15H2,1-2H3,(H,27,29). The zero-order valence-electron chi connectivity index (χ0n) is 17.6. The third-order valence-corrected chi connectivity index (χ3v) is 5.43. The number of amides is 1. The Morgan fingerprint density at radius 2 is 1.90 bits per heavy atom. The molecule has 0 aliphatic carbocycles. The molecule has 31 heavy (non-hydrogen) atoms. The van der Waals surface area contributed by atoms with Crippen LogP contribution < -0.4 is 5.48 Å². The number of benzene rings is 3. The van der Waals surface area contributed by atoms with Gasteiger partial charge in [-0.2, -0.15) is 0 Å². The topological polar surface area (TPSA) is 76.4 Å². The molecule has 1 amide bonds. The monoisotopic (exact) mass is 415 g/mol. The second-order valence-corrected chi connectivity index (χ2v) is 7.51. The fourth-order valence-electron chi connectivity index (χ4n) is 3.89. The van der Waals surface area contributed by atoms with Crippen molar-refractivity contribution >= 4 is 16.9 Å². The Balaban J connectivity index is 1.78. The lowest BCUT2D eigenvalue weighted by atomic mass is 10.00. The molecule has 0 fully saturated rings. The highest BCUT2D eigenvalue weighted by molar-refractivity contribution is 5.93. The molecule has 0 atom stereocenters. The van der Waals surface area contributed by atoms with Crippen LogP contribution in [0.1, 0.15) is 27.3 Å². The number of hydroxylamine groups is 1. The molecule has 0 saturated carbocycles. The molecule has 6 nitrogen and oxygen atoms in total. The zero-order chi connectivity index (χ0) is 21.8. The van der Waals surface area contributed by atoms with Crippen molar-refractivity contribution in [2.45, 2.75) is 19.9 Å². The first-order valence-electron chi connectivity index (χ1n) is 10.2. The lowest BCUT2D eigenvalue weighted by Gasteiger charge is -2.11. The Kier molecular flexibility index (Phi) is 6.11. The fraction of sp³-hybridized carbons (Fsp3) is 0.200. The molecule has 6 heteroatoms. The largest absolute Gasteiger partial charge is 0.383 e. The molecule has 2 N–H and O–H groups in total. The summed E-state index contributed by atoms with van der Waals surface area (Å²) in [4.78, 5) is 16.7. The predicted molar refractivity (Wildman–Crippen MR) is 120 cm³/mol. The van der Waals surface area contributed by atoms with Crippen LogP contribution in [0, 0.1) is 6.92 Å². The summed E-state index contributed by atoms with van der Waals surface area (Å²) in [6.07, 6.45) is 0.560. The Morgan fingerprint density at radius 3 is 2.65 bits per heavy atom. The van der Waals surface area contributed by atoms with Gasteiger partial charge in [0.1, 0.15) is 5.82 Å². The van der Waals surface area contributed by atoms with Crippen LogP contribution in [0.5, 0.6) is 0 Å². The number of imidazole rings is 1. The first kappa shape index (κ1) is 20.8. The number of aromatic nitrogens is 2. The number of nitrogens with zero attached hydrogens (tertiary/aromatic N) is 2. The van der Waals surface area contributed by atoms with Crippen LogP contribution in [0.2, 0.25) is 0 Å². The van der Waals surface area contributed by atoms with Crippen molar-refractivity contribution in [1.82, 2.24) is 15.0 Å². The molecule has 0 unspecified atom stereocenters. The molecule has 0 radical (unpaired) electrons. The highest BCUT2D eigenvalue weighted by Crippen LogP contribution is 2.29. The number of rotatable bonds is 7. The zero-order valence-corrected chi connectivity index (χ0v) is 17.6. The number of methoxy groups -OCH3 is 1. The number of nitrogens with one attached hydrogen (secondary N) is 1. The van der Waals surface area contributed by atoms with Gasteiger partial charge in [-0.05, 0) is 53.4 Å². The van der Waals surface area contributed by atoms with E-state index in [1.54, 1.807) is 30.8 Å². The maximum atomic E-state index is 11.8.